The van der Waals surface area contributed by atoms with Crippen LogP contribution in [0.5, 0.6) is 0 Å². The van der Waals surface area contributed by atoms with Crippen LogP contribution in [0.3, 0.4) is 0 Å². The summed E-state index contributed by atoms with van der Waals surface area (Å²) in [4.78, 5) is 38.3. The Morgan fingerprint density at radius 1 is 1.15 bits per heavy atom. The molecule has 8 heteroatoms. The number of nitrogens with zero attached hydrogens (tertiary/aromatic N) is 1. The lowest BCUT2D eigenvalue weighted by molar-refractivity contribution is -0.144. The van der Waals surface area contributed by atoms with Gasteiger partial charge in [0.2, 0.25) is 18.0 Å². The van der Waals surface area contributed by atoms with Gasteiger partial charge in [-0.1, -0.05) is 18.2 Å². The Kier molecular flexibility index (Phi) is 4.10. The van der Waals surface area contributed by atoms with E-state index in [0.717, 1.165) is 12.1 Å². The molecule has 2 aromatic rings. The fourth-order valence-corrected chi connectivity index (χ4v) is 3.39. The molecule has 1 N–H and O–H groups in total. The number of hydrogen-bond acceptors (Lipinski definition) is 4. The molecule has 0 aromatic heterocycles. The molecule has 2 aliphatic heterocycles. The summed E-state index contributed by atoms with van der Waals surface area (Å²) in [5.41, 5.74) is 0.652. The molecule has 27 heavy (non-hydrogen) atoms. The number of fused-ring (bicyclic) bond motifs is 1. The zero-order valence-corrected chi connectivity index (χ0v) is 13.9. The maximum atomic E-state index is 13.8. The van der Waals surface area contributed by atoms with Gasteiger partial charge in [0.1, 0.15) is 17.7 Å². The number of rotatable bonds is 3. The van der Waals surface area contributed by atoms with E-state index in [1.807, 2.05) is 0 Å². The van der Waals surface area contributed by atoms with E-state index < -0.39 is 35.8 Å². The van der Waals surface area contributed by atoms with Crippen LogP contribution < -0.4 is 5.32 Å². The van der Waals surface area contributed by atoms with Gasteiger partial charge in [0, 0.05) is 18.1 Å². The van der Waals surface area contributed by atoms with Crippen molar-refractivity contribution in [2.24, 2.45) is 0 Å². The Balaban J connectivity index is 1.60. The summed E-state index contributed by atoms with van der Waals surface area (Å²) >= 11 is 0. The first-order chi connectivity index (χ1) is 13.0. The van der Waals surface area contributed by atoms with Crippen molar-refractivity contribution in [2.75, 3.05) is 5.32 Å². The number of hydrogen-bond donors (Lipinski definition) is 1. The van der Waals surface area contributed by atoms with Gasteiger partial charge >= 0.3 is 5.97 Å². The number of halogens is 2. The molecule has 4 rings (SSSR count). The van der Waals surface area contributed by atoms with Crippen LogP contribution in [0.25, 0.3) is 0 Å². The standard InChI is InChI=1S/C19H14F2N2O4/c20-10-5-6-14(13(21)9-10)22-17(25)15-7-8-16(24)23(15)18-11-3-1-2-4-12(11)19(26)27-18/h1-6,9,15,18H,7-8H2,(H,22,25)/t15-,18?/m0/s1. The highest BCUT2D eigenvalue weighted by Gasteiger charge is 2.46. The molecule has 1 unspecified atom stereocenters. The average Bonchev–Trinajstić information content (AvgIpc) is 3.18. The fourth-order valence-electron chi connectivity index (χ4n) is 3.39. The number of benzene rings is 2. The third-order valence-corrected chi connectivity index (χ3v) is 4.67. The summed E-state index contributed by atoms with van der Waals surface area (Å²) in [7, 11) is 0. The number of esters is 1. The molecule has 1 saturated heterocycles. The van der Waals surface area contributed by atoms with Gasteiger partial charge in [0.05, 0.1) is 11.3 Å². The lowest BCUT2D eigenvalue weighted by Gasteiger charge is -2.29. The molecule has 6 nitrogen and oxygen atoms in total. The number of carbonyl (C=O) groups is 3. The van der Waals surface area contributed by atoms with E-state index in [9.17, 15) is 23.2 Å². The second kappa shape index (κ2) is 6.46. The molecular formula is C19H14F2N2O4. The van der Waals surface area contributed by atoms with Crippen molar-refractivity contribution in [3.63, 3.8) is 0 Å². The minimum Gasteiger partial charge on any atom is -0.433 e. The van der Waals surface area contributed by atoms with Gasteiger partial charge in [0.15, 0.2) is 0 Å². The second-order valence-electron chi connectivity index (χ2n) is 6.31. The van der Waals surface area contributed by atoms with E-state index in [1.54, 1.807) is 24.3 Å². The van der Waals surface area contributed by atoms with Gasteiger partial charge in [-0.15, -0.1) is 0 Å². The van der Waals surface area contributed by atoms with Gasteiger partial charge in [-0.3, -0.25) is 14.5 Å². The van der Waals surface area contributed by atoms with Gasteiger partial charge < -0.3 is 10.1 Å². The molecule has 2 heterocycles. The van der Waals surface area contributed by atoms with Crippen LogP contribution in [0.2, 0.25) is 0 Å². The molecule has 2 atom stereocenters. The van der Waals surface area contributed by atoms with Crippen molar-refractivity contribution in [3.05, 3.63) is 65.2 Å². The van der Waals surface area contributed by atoms with E-state index in [2.05, 4.69) is 5.32 Å². The number of carbonyl (C=O) groups excluding carboxylic acids is 3. The SMILES string of the molecule is O=C1OC(N2C(=O)CC[C@H]2C(=O)Nc2ccc(F)cc2F)c2ccccc21. The maximum Gasteiger partial charge on any atom is 0.340 e. The molecule has 0 aliphatic carbocycles. The van der Waals surface area contributed by atoms with Crippen LogP contribution in [0.15, 0.2) is 42.5 Å². The zero-order chi connectivity index (χ0) is 19.1. The Morgan fingerprint density at radius 2 is 1.93 bits per heavy atom. The maximum absolute atomic E-state index is 13.8. The number of amides is 2. The lowest BCUT2D eigenvalue weighted by atomic mass is 10.1. The minimum atomic E-state index is -1.00. The van der Waals surface area contributed by atoms with Gasteiger partial charge in [-0.2, -0.15) is 0 Å². The molecule has 2 aromatic carbocycles. The zero-order valence-electron chi connectivity index (χ0n) is 13.9. The summed E-state index contributed by atoms with van der Waals surface area (Å²) in [5, 5.41) is 2.37. The Bertz CT molecular complexity index is 962. The van der Waals surface area contributed by atoms with E-state index in [-0.39, 0.29) is 24.4 Å². The van der Waals surface area contributed by atoms with E-state index in [4.69, 9.17) is 4.74 Å². The highest BCUT2D eigenvalue weighted by Crippen LogP contribution is 2.38. The predicted octanol–water partition coefficient (Wildman–Crippen LogP) is 2.76. The quantitative estimate of drug-likeness (QED) is 0.841. The fraction of sp³-hybridized carbons (Fsp3) is 0.211. The molecule has 2 amide bonds. The highest BCUT2D eigenvalue weighted by atomic mass is 19.1. The molecule has 1 fully saturated rings. The predicted molar refractivity (Wildman–Crippen MR) is 89.5 cm³/mol. The first-order valence-electron chi connectivity index (χ1n) is 8.32. The van der Waals surface area contributed by atoms with E-state index >= 15 is 0 Å². The van der Waals surface area contributed by atoms with Crippen LogP contribution in [0, 0.1) is 11.6 Å². The smallest absolute Gasteiger partial charge is 0.340 e. The third kappa shape index (κ3) is 2.92. The summed E-state index contributed by atoms with van der Waals surface area (Å²) in [6.07, 6.45) is -0.707. The van der Waals surface area contributed by atoms with Crippen LogP contribution in [0.1, 0.15) is 35.0 Å². The Hall–Kier alpha value is -3.29. The number of nitrogens with one attached hydrogen (secondary N) is 1. The normalized spacial score (nSPS) is 21.2. The summed E-state index contributed by atoms with van der Waals surface area (Å²) in [6, 6.07) is 8.47. The second-order valence-corrected chi connectivity index (χ2v) is 6.31. The summed E-state index contributed by atoms with van der Waals surface area (Å²) < 4.78 is 32.2. The van der Waals surface area contributed by atoms with Gasteiger partial charge in [0.25, 0.3) is 0 Å². The number of anilines is 1. The molecule has 2 aliphatic rings. The molecule has 138 valence electrons. The van der Waals surface area contributed by atoms with E-state index in [0.29, 0.717) is 17.2 Å². The molecule has 0 bridgehead atoms. The minimum absolute atomic E-state index is 0.0974. The highest BCUT2D eigenvalue weighted by molar-refractivity contribution is 6.00. The first kappa shape index (κ1) is 17.1. The van der Waals surface area contributed by atoms with Crippen LogP contribution in [-0.2, 0) is 14.3 Å². The molecule has 0 spiro atoms. The lowest BCUT2D eigenvalue weighted by Crippen LogP contribution is -2.44. The first-order valence-corrected chi connectivity index (χ1v) is 8.32. The average molecular weight is 372 g/mol. The largest absolute Gasteiger partial charge is 0.433 e. The summed E-state index contributed by atoms with van der Waals surface area (Å²) in [6.45, 7) is 0. The molecule has 0 radical (unpaired) electrons. The molecular weight excluding hydrogens is 358 g/mol. The molecule has 0 saturated carbocycles. The van der Waals surface area contributed by atoms with Crippen LogP contribution in [0.4, 0.5) is 14.5 Å². The van der Waals surface area contributed by atoms with E-state index in [1.165, 1.54) is 4.90 Å². The Labute approximate surface area is 152 Å². The van der Waals surface area contributed by atoms with Crippen molar-refractivity contribution in [1.82, 2.24) is 4.90 Å². The van der Waals surface area contributed by atoms with Crippen LogP contribution in [-0.4, -0.2) is 28.7 Å². The number of likely N-dealkylation sites (tertiary alicyclic amines) is 1. The summed E-state index contributed by atoms with van der Waals surface area (Å²) in [5.74, 6) is -3.23. The third-order valence-electron chi connectivity index (χ3n) is 4.67. The van der Waals surface area contributed by atoms with Gasteiger partial charge in [-0.25, -0.2) is 13.6 Å². The van der Waals surface area contributed by atoms with Crippen molar-refractivity contribution in [1.29, 1.82) is 0 Å². The monoisotopic (exact) mass is 372 g/mol. The number of ether oxygens (including phenoxy) is 1. The Morgan fingerprint density at radius 3 is 2.70 bits per heavy atom. The van der Waals surface area contributed by atoms with Crippen molar-refractivity contribution in [2.45, 2.75) is 25.1 Å². The van der Waals surface area contributed by atoms with Gasteiger partial charge in [-0.05, 0) is 24.6 Å². The van der Waals surface area contributed by atoms with Crippen molar-refractivity contribution in [3.8, 4) is 0 Å². The topological polar surface area (TPSA) is 75.7 Å². The number of cyclic esters (lactones) is 1. The van der Waals surface area contributed by atoms with Crippen LogP contribution >= 0.6 is 0 Å². The van der Waals surface area contributed by atoms with Crippen molar-refractivity contribution >= 4 is 23.5 Å². The van der Waals surface area contributed by atoms with Crippen molar-refractivity contribution < 1.29 is 27.9 Å².